The Balaban J connectivity index is 0.00000191. The summed E-state index contributed by atoms with van der Waals surface area (Å²) in [6, 6.07) is 3.36. The number of Topliss-reactive ketones (excluding diaryl/α,β-unsaturated/α-hetero) is 1. The number of aryl methyl sites for hydroxylation is 1. The minimum atomic E-state index is -5.69. The number of benzene rings is 1. The van der Waals surface area contributed by atoms with Crippen molar-refractivity contribution < 1.29 is 30.6 Å². The van der Waals surface area contributed by atoms with Gasteiger partial charge in [-0.1, -0.05) is 20.8 Å². The first-order valence-electron chi connectivity index (χ1n) is 6.23. The molecular weight excluding hydrogens is 309 g/mol. The van der Waals surface area contributed by atoms with E-state index >= 15 is 0 Å². The second-order valence-electron chi connectivity index (χ2n) is 3.71. The second kappa shape index (κ2) is 7.44. The van der Waals surface area contributed by atoms with E-state index in [9.17, 15) is 26.4 Å². The van der Waals surface area contributed by atoms with Gasteiger partial charge in [0, 0.05) is 5.56 Å². The van der Waals surface area contributed by atoms with Gasteiger partial charge in [0.2, 0.25) is 0 Å². The lowest BCUT2D eigenvalue weighted by atomic mass is 10.0. The van der Waals surface area contributed by atoms with Crippen LogP contribution in [0.5, 0.6) is 5.75 Å². The number of hydrogen-bond acceptors (Lipinski definition) is 4. The number of alkyl halides is 3. The summed E-state index contributed by atoms with van der Waals surface area (Å²) in [5.74, 6) is -0.735. The molecule has 0 heterocycles. The Labute approximate surface area is 122 Å². The van der Waals surface area contributed by atoms with Crippen molar-refractivity contribution in [3.63, 3.8) is 0 Å². The van der Waals surface area contributed by atoms with Crippen molar-refractivity contribution in [2.45, 2.75) is 39.6 Å². The Morgan fingerprint density at radius 3 is 2.14 bits per heavy atom. The molecule has 1 rings (SSSR count). The molecule has 0 aliphatic rings. The van der Waals surface area contributed by atoms with Gasteiger partial charge in [-0.05, 0) is 37.1 Å². The van der Waals surface area contributed by atoms with Crippen LogP contribution in [0.1, 0.15) is 43.6 Å². The first-order chi connectivity index (χ1) is 9.58. The summed E-state index contributed by atoms with van der Waals surface area (Å²) in [4.78, 5) is 11.2. The molecule has 0 aliphatic heterocycles. The van der Waals surface area contributed by atoms with Gasteiger partial charge in [0.05, 0.1) is 0 Å². The van der Waals surface area contributed by atoms with E-state index in [1.54, 1.807) is 6.92 Å². The minimum absolute atomic E-state index is 0.262. The number of carbonyl (C=O) groups is 1. The predicted molar refractivity (Wildman–Crippen MR) is 72.8 cm³/mol. The highest BCUT2D eigenvalue weighted by Gasteiger charge is 2.48. The molecule has 0 fully saturated rings. The van der Waals surface area contributed by atoms with Crippen molar-refractivity contribution in [1.29, 1.82) is 0 Å². The molecule has 0 aromatic heterocycles. The normalized spacial score (nSPS) is 11.4. The van der Waals surface area contributed by atoms with Crippen LogP contribution in [0, 0.1) is 0 Å². The molecule has 0 spiro atoms. The second-order valence-corrected chi connectivity index (χ2v) is 5.25. The van der Waals surface area contributed by atoms with E-state index < -0.39 is 21.4 Å². The molecule has 0 unspecified atom stereocenters. The van der Waals surface area contributed by atoms with E-state index in [-0.39, 0.29) is 5.78 Å². The van der Waals surface area contributed by atoms with Crippen molar-refractivity contribution >= 4 is 15.9 Å². The molecule has 0 amide bonds. The summed E-state index contributed by atoms with van der Waals surface area (Å²) in [6.07, 6.45) is 0.359. The molecule has 0 bridgehead atoms. The molecule has 21 heavy (non-hydrogen) atoms. The Morgan fingerprint density at radius 1 is 1.24 bits per heavy atom. The van der Waals surface area contributed by atoms with Gasteiger partial charge in [0.25, 0.3) is 0 Å². The third kappa shape index (κ3) is 5.04. The lowest BCUT2D eigenvalue weighted by Crippen LogP contribution is -2.28. The third-order valence-electron chi connectivity index (χ3n) is 2.33. The Morgan fingerprint density at radius 2 is 1.76 bits per heavy atom. The molecule has 1 aromatic rings. The van der Waals surface area contributed by atoms with Crippen molar-refractivity contribution in [2.24, 2.45) is 0 Å². The SMILES string of the molecule is CC.CCc1cc(OS(=O)(=O)C(F)(F)F)ccc1C(C)=O. The van der Waals surface area contributed by atoms with Crippen LogP contribution >= 0.6 is 0 Å². The molecule has 0 saturated carbocycles. The average Bonchev–Trinajstić information content (AvgIpc) is 2.38. The zero-order valence-corrected chi connectivity index (χ0v) is 12.9. The Kier molecular flexibility index (Phi) is 6.89. The van der Waals surface area contributed by atoms with Crippen molar-refractivity contribution in [2.75, 3.05) is 0 Å². The fourth-order valence-corrected chi connectivity index (χ4v) is 1.88. The van der Waals surface area contributed by atoms with Crippen LogP contribution < -0.4 is 4.18 Å². The summed E-state index contributed by atoms with van der Waals surface area (Å²) in [6.45, 7) is 6.99. The molecule has 4 nitrogen and oxygen atoms in total. The highest BCUT2D eigenvalue weighted by molar-refractivity contribution is 7.88. The molecule has 120 valence electrons. The van der Waals surface area contributed by atoms with Gasteiger partial charge in [0.15, 0.2) is 5.78 Å². The van der Waals surface area contributed by atoms with Crippen molar-refractivity contribution in [1.82, 2.24) is 0 Å². The van der Waals surface area contributed by atoms with E-state index in [0.717, 1.165) is 12.1 Å². The molecule has 8 heteroatoms. The number of ketones is 1. The maximum absolute atomic E-state index is 12.1. The molecular formula is C13H17F3O4S. The number of rotatable bonds is 4. The summed E-state index contributed by atoms with van der Waals surface area (Å²) < 4.78 is 62.1. The van der Waals surface area contributed by atoms with E-state index in [1.165, 1.54) is 13.0 Å². The Bertz CT molecular complexity index is 592. The van der Waals surface area contributed by atoms with Gasteiger partial charge >= 0.3 is 15.6 Å². The van der Waals surface area contributed by atoms with Crippen LogP contribution in [0.4, 0.5) is 13.2 Å². The highest BCUT2D eigenvalue weighted by atomic mass is 32.2. The summed E-state index contributed by atoms with van der Waals surface area (Å²) in [7, 11) is -5.69. The van der Waals surface area contributed by atoms with Gasteiger partial charge in [-0.3, -0.25) is 4.79 Å². The monoisotopic (exact) mass is 326 g/mol. The maximum atomic E-state index is 12.1. The fraction of sp³-hybridized carbons (Fsp3) is 0.462. The fourth-order valence-electron chi connectivity index (χ4n) is 1.43. The van der Waals surface area contributed by atoms with Gasteiger partial charge in [0.1, 0.15) is 5.75 Å². The summed E-state index contributed by atoms with van der Waals surface area (Å²) in [5, 5.41) is 0. The lowest BCUT2D eigenvalue weighted by molar-refractivity contribution is -0.0500. The number of hydrogen-bond donors (Lipinski definition) is 0. The van der Waals surface area contributed by atoms with Crippen LogP contribution in [-0.2, 0) is 16.5 Å². The van der Waals surface area contributed by atoms with Gasteiger partial charge in [-0.2, -0.15) is 21.6 Å². The van der Waals surface area contributed by atoms with Crippen molar-refractivity contribution in [3.05, 3.63) is 29.3 Å². The molecule has 0 radical (unpaired) electrons. The summed E-state index contributed by atoms with van der Waals surface area (Å²) in [5.41, 5.74) is -4.75. The quantitative estimate of drug-likeness (QED) is 0.481. The molecule has 0 saturated heterocycles. The highest BCUT2D eigenvalue weighted by Crippen LogP contribution is 2.28. The molecule has 0 aliphatic carbocycles. The average molecular weight is 326 g/mol. The van der Waals surface area contributed by atoms with Gasteiger partial charge in [-0.25, -0.2) is 0 Å². The zero-order chi connectivity index (χ0) is 16.8. The lowest BCUT2D eigenvalue weighted by Gasteiger charge is -2.11. The molecule has 0 atom stereocenters. The zero-order valence-electron chi connectivity index (χ0n) is 12.1. The van der Waals surface area contributed by atoms with E-state index in [2.05, 4.69) is 4.18 Å². The maximum Gasteiger partial charge on any atom is 0.534 e. The number of halogens is 3. The van der Waals surface area contributed by atoms with Crippen LogP contribution in [-0.4, -0.2) is 19.7 Å². The summed E-state index contributed by atoms with van der Waals surface area (Å²) >= 11 is 0. The van der Waals surface area contributed by atoms with Crippen LogP contribution in [0.2, 0.25) is 0 Å². The third-order valence-corrected chi connectivity index (χ3v) is 3.31. The smallest absolute Gasteiger partial charge is 0.376 e. The minimum Gasteiger partial charge on any atom is -0.376 e. The van der Waals surface area contributed by atoms with Gasteiger partial charge in [-0.15, -0.1) is 0 Å². The predicted octanol–water partition coefficient (Wildman–Crippen LogP) is 3.71. The van der Waals surface area contributed by atoms with Crippen LogP contribution in [0.3, 0.4) is 0 Å². The van der Waals surface area contributed by atoms with E-state index in [1.807, 2.05) is 13.8 Å². The first-order valence-corrected chi connectivity index (χ1v) is 7.64. The van der Waals surface area contributed by atoms with E-state index in [0.29, 0.717) is 17.5 Å². The van der Waals surface area contributed by atoms with E-state index in [4.69, 9.17) is 0 Å². The number of carbonyl (C=O) groups excluding carboxylic acids is 1. The van der Waals surface area contributed by atoms with Gasteiger partial charge < -0.3 is 4.18 Å². The first kappa shape index (κ1) is 19.4. The van der Waals surface area contributed by atoms with Crippen LogP contribution in [0.25, 0.3) is 0 Å². The molecule has 1 aromatic carbocycles. The Hall–Kier alpha value is -1.57. The largest absolute Gasteiger partial charge is 0.534 e. The standard InChI is InChI=1S/C11H11F3O4S.C2H6/c1-3-8-6-9(4-5-10(8)7(2)15)18-19(16,17)11(12,13)14;1-2/h4-6H,3H2,1-2H3;1-2H3. The molecule has 0 N–H and O–H groups in total. The topological polar surface area (TPSA) is 60.4 Å². The van der Waals surface area contributed by atoms with Crippen LogP contribution in [0.15, 0.2) is 18.2 Å². The van der Waals surface area contributed by atoms with Crippen molar-refractivity contribution in [3.8, 4) is 5.75 Å².